The van der Waals surface area contributed by atoms with Crippen LogP contribution in [0, 0.1) is 11.8 Å². The second kappa shape index (κ2) is 8.95. The Balaban J connectivity index is 2.17. The Morgan fingerprint density at radius 3 is 2.70 bits per heavy atom. The summed E-state index contributed by atoms with van der Waals surface area (Å²) < 4.78 is 0. The predicted molar refractivity (Wildman–Crippen MR) is 80.3 cm³/mol. The van der Waals surface area contributed by atoms with Crippen molar-refractivity contribution in [3.8, 4) is 0 Å². The Morgan fingerprint density at radius 2 is 2.05 bits per heavy atom. The zero-order valence-electron chi connectivity index (χ0n) is 13.0. The van der Waals surface area contributed by atoms with Crippen molar-refractivity contribution in [1.29, 1.82) is 0 Å². The highest BCUT2D eigenvalue weighted by atomic mass is 16.2. The third-order valence-corrected chi connectivity index (χ3v) is 3.76. The van der Waals surface area contributed by atoms with Crippen molar-refractivity contribution in [2.24, 2.45) is 11.8 Å². The first-order chi connectivity index (χ1) is 9.52. The number of amides is 2. The summed E-state index contributed by atoms with van der Waals surface area (Å²) in [5.74, 6) is 1.12. The zero-order valence-corrected chi connectivity index (χ0v) is 13.0. The summed E-state index contributed by atoms with van der Waals surface area (Å²) in [4.78, 5) is 23.5. The molecule has 20 heavy (non-hydrogen) atoms. The molecular weight excluding hydrogens is 254 g/mol. The average molecular weight is 283 g/mol. The number of carbonyl (C=O) groups excluding carboxylic acids is 2. The van der Waals surface area contributed by atoms with Crippen LogP contribution in [0.25, 0.3) is 0 Å². The van der Waals surface area contributed by atoms with E-state index in [1.54, 1.807) is 0 Å². The summed E-state index contributed by atoms with van der Waals surface area (Å²) in [6.45, 7) is 8.30. The fourth-order valence-electron chi connectivity index (χ4n) is 2.40. The highest BCUT2D eigenvalue weighted by Crippen LogP contribution is 2.19. The van der Waals surface area contributed by atoms with Crippen LogP contribution in [0.5, 0.6) is 0 Å². The van der Waals surface area contributed by atoms with Gasteiger partial charge >= 0.3 is 0 Å². The Kier molecular flexibility index (Phi) is 7.59. The van der Waals surface area contributed by atoms with Gasteiger partial charge in [-0.3, -0.25) is 9.59 Å². The molecule has 5 nitrogen and oxygen atoms in total. The van der Waals surface area contributed by atoms with Crippen LogP contribution < -0.4 is 16.0 Å². The van der Waals surface area contributed by atoms with E-state index in [4.69, 9.17) is 0 Å². The van der Waals surface area contributed by atoms with Gasteiger partial charge in [-0.2, -0.15) is 0 Å². The van der Waals surface area contributed by atoms with E-state index >= 15 is 0 Å². The first-order valence-electron chi connectivity index (χ1n) is 7.80. The smallest absolute Gasteiger partial charge is 0.237 e. The first-order valence-corrected chi connectivity index (χ1v) is 7.80. The van der Waals surface area contributed by atoms with Gasteiger partial charge in [0.1, 0.15) is 0 Å². The molecular formula is C15H29N3O2. The summed E-state index contributed by atoms with van der Waals surface area (Å²) >= 11 is 0. The van der Waals surface area contributed by atoms with Crippen LogP contribution in [0.2, 0.25) is 0 Å². The van der Waals surface area contributed by atoms with Crippen molar-refractivity contribution in [1.82, 2.24) is 16.0 Å². The summed E-state index contributed by atoms with van der Waals surface area (Å²) in [7, 11) is 0. The molecule has 0 radical (unpaired) electrons. The molecule has 3 N–H and O–H groups in total. The molecule has 0 aliphatic carbocycles. The van der Waals surface area contributed by atoms with Crippen molar-refractivity contribution in [2.45, 2.75) is 52.5 Å². The van der Waals surface area contributed by atoms with Crippen LogP contribution >= 0.6 is 0 Å². The molecule has 0 aromatic rings. The molecule has 2 amide bonds. The maximum Gasteiger partial charge on any atom is 0.237 e. The zero-order chi connectivity index (χ0) is 15.0. The Bertz CT molecular complexity index is 318. The minimum absolute atomic E-state index is 0.00189. The van der Waals surface area contributed by atoms with Gasteiger partial charge in [0.15, 0.2) is 0 Å². The molecule has 116 valence electrons. The maximum atomic E-state index is 12.0. The molecule has 1 saturated heterocycles. The van der Waals surface area contributed by atoms with Gasteiger partial charge in [-0.1, -0.05) is 27.2 Å². The Hall–Kier alpha value is -1.10. The molecule has 0 bridgehead atoms. The minimum Gasteiger partial charge on any atom is -0.356 e. The van der Waals surface area contributed by atoms with Crippen molar-refractivity contribution in [3.63, 3.8) is 0 Å². The maximum absolute atomic E-state index is 12.0. The molecule has 5 heteroatoms. The molecule has 1 heterocycles. The quantitative estimate of drug-likeness (QED) is 0.654. The molecule has 1 aliphatic heterocycles. The summed E-state index contributed by atoms with van der Waals surface area (Å²) in [5, 5.41) is 8.95. The van der Waals surface area contributed by atoms with Crippen LogP contribution in [0.1, 0.15) is 46.5 Å². The average Bonchev–Trinajstić information content (AvgIpc) is 2.45. The van der Waals surface area contributed by atoms with Crippen LogP contribution in [-0.2, 0) is 9.59 Å². The van der Waals surface area contributed by atoms with Crippen LogP contribution in [-0.4, -0.2) is 37.5 Å². The Morgan fingerprint density at radius 1 is 1.30 bits per heavy atom. The molecule has 0 aromatic carbocycles. The number of hydrogen-bond donors (Lipinski definition) is 3. The predicted octanol–water partition coefficient (Wildman–Crippen LogP) is 1.04. The molecule has 1 aliphatic rings. The SMILES string of the molecule is CCC1CCNC(C(=O)NCCC(=O)NCC(C)C)C1. The van der Waals surface area contributed by atoms with Crippen LogP contribution in [0.4, 0.5) is 0 Å². The molecule has 2 unspecified atom stereocenters. The highest BCUT2D eigenvalue weighted by Gasteiger charge is 2.25. The lowest BCUT2D eigenvalue weighted by atomic mass is 9.90. The number of nitrogens with one attached hydrogen (secondary N) is 3. The van der Waals surface area contributed by atoms with Crippen molar-refractivity contribution in [3.05, 3.63) is 0 Å². The van der Waals surface area contributed by atoms with E-state index in [-0.39, 0.29) is 17.9 Å². The number of carbonyl (C=O) groups is 2. The molecule has 0 spiro atoms. The fraction of sp³-hybridized carbons (Fsp3) is 0.867. The Labute approximate surface area is 122 Å². The minimum atomic E-state index is -0.0903. The largest absolute Gasteiger partial charge is 0.356 e. The van der Waals surface area contributed by atoms with Gasteiger partial charge in [-0.05, 0) is 31.2 Å². The summed E-state index contributed by atoms with van der Waals surface area (Å²) in [5.41, 5.74) is 0. The number of hydrogen-bond acceptors (Lipinski definition) is 3. The van der Waals surface area contributed by atoms with Crippen molar-refractivity contribution in [2.75, 3.05) is 19.6 Å². The molecule has 1 rings (SSSR count). The summed E-state index contributed by atoms with van der Waals surface area (Å²) in [6, 6.07) is -0.0903. The standard InChI is InChI=1S/C15H29N3O2/c1-4-12-5-7-16-13(9-12)15(20)17-8-6-14(19)18-10-11(2)3/h11-13,16H,4-10H2,1-3H3,(H,17,20)(H,18,19). The second-order valence-corrected chi connectivity index (χ2v) is 6.04. The van der Waals surface area contributed by atoms with Gasteiger partial charge in [-0.15, -0.1) is 0 Å². The second-order valence-electron chi connectivity index (χ2n) is 6.04. The lowest BCUT2D eigenvalue weighted by Crippen LogP contribution is -2.49. The van der Waals surface area contributed by atoms with Gasteiger partial charge in [0.2, 0.25) is 11.8 Å². The first kappa shape index (κ1) is 17.0. The van der Waals surface area contributed by atoms with Gasteiger partial charge in [0, 0.05) is 19.5 Å². The van der Waals surface area contributed by atoms with Gasteiger partial charge in [0.05, 0.1) is 6.04 Å². The van der Waals surface area contributed by atoms with Crippen LogP contribution in [0.3, 0.4) is 0 Å². The van der Waals surface area contributed by atoms with E-state index in [1.807, 2.05) is 0 Å². The normalized spacial score (nSPS) is 22.6. The van der Waals surface area contributed by atoms with Gasteiger partial charge in [0.25, 0.3) is 0 Å². The van der Waals surface area contributed by atoms with Crippen molar-refractivity contribution < 1.29 is 9.59 Å². The highest BCUT2D eigenvalue weighted by molar-refractivity contribution is 5.82. The fourth-order valence-corrected chi connectivity index (χ4v) is 2.40. The molecule has 0 saturated carbocycles. The van der Waals surface area contributed by atoms with Crippen molar-refractivity contribution >= 4 is 11.8 Å². The van der Waals surface area contributed by atoms with E-state index in [2.05, 4.69) is 36.7 Å². The molecule has 1 fully saturated rings. The third kappa shape index (κ3) is 6.37. The van der Waals surface area contributed by atoms with E-state index in [0.717, 1.165) is 25.8 Å². The number of rotatable bonds is 7. The van der Waals surface area contributed by atoms with E-state index in [1.165, 1.54) is 0 Å². The van der Waals surface area contributed by atoms with Crippen LogP contribution in [0.15, 0.2) is 0 Å². The topological polar surface area (TPSA) is 70.2 Å². The number of piperidine rings is 1. The third-order valence-electron chi connectivity index (χ3n) is 3.76. The van der Waals surface area contributed by atoms with Gasteiger partial charge in [-0.25, -0.2) is 0 Å². The monoisotopic (exact) mass is 283 g/mol. The molecule has 2 atom stereocenters. The van der Waals surface area contributed by atoms with E-state index in [0.29, 0.717) is 31.3 Å². The summed E-state index contributed by atoms with van der Waals surface area (Å²) in [6.07, 6.45) is 3.53. The van der Waals surface area contributed by atoms with Gasteiger partial charge < -0.3 is 16.0 Å². The lowest BCUT2D eigenvalue weighted by Gasteiger charge is -2.28. The lowest BCUT2D eigenvalue weighted by molar-refractivity contribution is -0.124. The molecule has 0 aromatic heterocycles. The van der Waals surface area contributed by atoms with E-state index < -0.39 is 0 Å². The van der Waals surface area contributed by atoms with E-state index in [9.17, 15) is 9.59 Å².